The van der Waals surface area contributed by atoms with Gasteiger partial charge in [-0.1, -0.05) is 60.7 Å². The monoisotopic (exact) mass is 365 g/mol. The maximum atomic E-state index is 12.4. The van der Waals surface area contributed by atoms with Gasteiger partial charge in [0.25, 0.3) is 0 Å². The topological polar surface area (TPSA) is 75.6 Å². The van der Waals surface area contributed by atoms with Gasteiger partial charge in [0.15, 0.2) is 0 Å². The van der Waals surface area contributed by atoms with E-state index < -0.39 is 17.6 Å². The van der Waals surface area contributed by atoms with Crippen LogP contribution in [0.15, 0.2) is 60.7 Å². The van der Waals surface area contributed by atoms with Gasteiger partial charge in [-0.05, 0) is 36.1 Å². The molecule has 2 aromatic carbocycles. The van der Waals surface area contributed by atoms with Crippen LogP contribution in [0.5, 0.6) is 0 Å². The number of carboxylic acid groups (broad SMARTS) is 1. The van der Waals surface area contributed by atoms with E-state index in [1.165, 1.54) is 0 Å². The van der Waals surface area contributed by atoms with Gasteiger partial charge in [-0.15, -0.1) is 0 Å². The van der Waals surface area contributed by atoms with Crippen LogP contribution in [-0.2, 0) is 9.53 Å². The zero-order valence-corrected chi connectivity index (χ0v) is 15.5. The number of amides is 1. The van der Waals surface area contributed by atoms with Crippen molar-refractivity contribution in [3.05, 3.63) is 71.8 Å². The Kier molecular flexibility index (Phi) is 5.04. The summed E-state index contributed by atoms with van der Waals surface area (Å²) in [4.78, 5) is 23.5. The molecular weight excluding hydrogens is 342 g/mol. The van der Waals surface area contributed by atoms with Crippen LogP contribution in [0.2, 0.25) is 0 Å². The van der Waals surface area contributed by atoms with Gasteiger partial charge in [-0.2, -0.15) is 0 Å². The van der Waals surface area contributed by atoms with E-state index in [4.69, 9.17) is 9.84 Å². The maximum Gasteiger partial charge on any atom is 0.407 e. The molecule has 27 heavy (non-hydrogen) atoms. The first-order valence-electron chi connectivity index (χ1n) is 8.83. The first-order valence-corrected chi connectivity index (χ1v) is 8.83. The van der Waals surface area contributed by atoms with Crippen LogP contribution in [0, 0.1) is 0 Å². The smallest absolute Gasteiger partial charge is 0.407 e. The van der Waals surface area contributed by atoms with Crippen molar-refractivity contribution in [2.45, 2.75) is 31.7 Å². The largest absolute Gasteiger partial charge is 0.481 e. The Morgan fingerprint density at radius 3 is 2.11 bits per heavy atom. The minimum atomic E-state index is -1.06. The molecule has 5 nitrogen and oxygen atoms in total. The number of alkyl carbamates (subject to hydrolysis) is 1. The third-order valence-electron chi connectivity index (χ3n) is 5.17. The summed E-state index contributed by atoms with van der Waals surface area (Å²) in [6.07, 6.45) is -0.907. The maximum absolute atomic E-state index is 12.4. The lowest BCUT2D eigenvalue weighted by atomic mass is 9.90. The second kappa shape index (κ2) is 7.27. The molecule has 1 aliphatic rings. The number of hydrogen-bond donors (Lipinski definition) is 2. The van der Waals surface area contributed by atoms with Crippen molar-refractivity contribution >= 4 is 12.1 Å². The second-order valence-corrected chi connectivity index (χ2v) is 7.13. The Labute approximate surface area is 158 Å². The lowest BCUT2D eigenvalue weighted by Gasteiger charge is -2.29. The van der Waals surface area contributed by atoms with Crippen LogP contribution in [0.4, 0.5) is 4.79 Å². The highest BCUT2D eigenvalue weighted by molar-refractivity contribution is 5.79. The number of rotatable bonds is 6. The highest BCUT2D eigenvalue weighted by Crippen LogP contribution is 2.44. The van der Waals surface area contributed by atoms with Crippen LogP contribution in [0.1, 0.15) is 37.3 Å². The van der Waals surface area contributed by atoms with Crippen molar-refractivity contribution < 1.29 is 19.4 Å². The molecular formula is C22H23NO4. The van der Waals surface area contributed by atoms with Crippen LogP contribution >= 0.6 is 0 Å². The number of fused-ring (bicyclic) bond motifs is 3. The van der Waals surface area contributed by atoms with Crippen LogP contribution < -0.4 is 5.32 Å². The van der Waals surface area contributed by atoms with Gasteiger partial charge in [0.05, 0.1) is 12.0 Å². The summed E-state index contributed by atoms with van der Waals surface area (Å²) < 4.78 is 5.48. The van der Waals surface area contributed by atoms with Crippen molar-refractivity contribution in [1.82, 2.24) is 5.32 Å². The van der Waals surface area contributed by atoms with Gasteiger partial charge in [0.2, 0.25) is 0 Å². The molecule has 0 saturated heterocycles. The lowest BCUT2D eigenvalue weighted by Crippen LogP contribution is -2.48. The molecule has 1 amide bonds. The molecule has 2 aromatic rings. The molecule has 1 aliphatic carbocycles. The molecule has 0 spiro atoms. The van der Waals surface area contributed by atoms with Crippen molar-refractivity contribution in [3.8, 4) is 11.1 Å². The van der Waals surface area contributed by atoms with E-state index in [1.807, 2.05) is 36.4 Å². The van der Waals surface area contributed by atoms with E-state index in [0.29, 0.717) is 5.57 Å². The minimum absolute atomic E-state index is 0.0429. The minimum Gasteiger partial charge on any atom is -0.481 e. The van der Waals surface area contributed by atoms with E-state index in [-0.39, 0.29) is 18.9 Å². The Morgan fingerprint density at radius 2 is 1.63 bits per heavy atom. The van der Waals surface area contributed by atoms with Crippen LogP contribution in [0.3, 0.4) is 0 Å². The van der Waals surface area contributed by atoms with Crippen LogP contribution in [0.25, 0.3) is 11.1 Å². The number of hydrogen-bond acceptors (Lipinski definition) is 3. The van der Waals surface area contributed by atoms with Crippen molar-refractivity contribution in [2.75, 3.05) is 6.61 Å². The summed E-state index contributed by atoms with van der Waals surface area (Å²) in [5.41, 5.74) is 4.05. The van der Waals surface area contributed by atoms with Gasteiger partial charge in [0, 0.05) is 5.92 Å². The number of carbonyl (C=O) groups excluding carboxylic acids is 1. The number of carbonyl (C=O) groups is 2. The molecule has 140 valence electrons. The van der Waals surface area contributed by atoms with Crippen molar-refractivity contribution in [2.24, 2.45) is 0 Å². The molecule has 0 fully saturated rings. The Morgan fingerprint density at radius 1 is 1.11 bits per heavy atom. The SMILES string of the molecule is C=C(C)[C@@](C)(CC(=O)O)NC(=O)OCC1c2ccccc2-c2ccccc21. The molecule has 0 aliphatic heterocycles. The normalized spacial score (nSPS) is 14.6. The van der Waals surface area contributed by atoms with Gasteiger partial charge < -0.3 is 15.2 Å². The van der Waals surface area contributed by atoms with Gasteiger partial charge in [-0.25, -0.2) is 4.79 Å². The number of ether oxygens (including phenoxy) is 1. The fourth-order valence-corrected chi connectivity index (χ4v) is 3.46. The standard InChI is InChI=1S/C22H23NO4/c1-14(2)22(3,12-20(24)25)23-21(26)27-13-19-17-10-6-4-8-15(17)16-9-5-7-11-18(16)19/h4-11,19H,1,12-13H2,2-3H3,(H,23,26)(H,24,25)/t22-/m1/s1. The molecule has 0 heterocycles. The molecule has 0 aromatic heterocycles. The molecule has 1 atom stereocenters. The van der Waals surface area contributed by atoms with E-state index in [9.17, 15) is 9.59 Å². The molecule has 0 unspecified atom stereocenters. The summed E-state index contributed by atoms with van der Waals surface area (Å²) in [6.45, 7) is 7.29. The summed E-state index contributed by atoms with van der Waals surface area (Å²) in [6, 6.07) is 16.2. The quantitative estimate of drug-likeness (QED) is 0.747. The highest BCUT2D eigenvalue weighted by atomic mass is 16.5. The molecule has 0 bridgehead atoms. The van der Waals surface area contributed by atoms with E-state index >= 15 is 0 Å². The average Bonchev–Trinajstić information content (AvgIpc) is 2.93. The van der Waals surface area contributed by atoms with Crippen molar-refractivity contribution in [1.29, 1.82) is 0 Å². The van der Waals surface area contributed by atoms with Gasteiger partial charge >= 0.3 is 12.1 Å². The Bertz CT molecular complexity index is 859. The predicted octanol–water partition coefficient (Wildman–Crippen LogP) is 4.33. The molecule has 0 saturated carbocycles. The average molecular weight is 365 g/mol. The summed E-state index contributed by atoms with van der Waals surface area (Å²) >= 11 is 0. The lowest BCUT2D eigenvalue weighted by molar-refractivity contribution is -0.138. The first-order chi connectivity index (χ1) is 12.8. The van der Waals surface area contributed by atoms with Gasteiger partial charge in [0.1, 0.15) is 6.61 Å². The third-order valence-corrected chi connectivity index (χ3v) is 5.17. The molecule has 3 rings (SSSR count). The number of nitrogens with one attached hydrogen (secondary N) is 1. The molecule has 2 N–H and O–H groups in total. The van der Waals surface area contributed by atoms with Gasteiger partial charge in [-0.3, -0.25) is 4.79 Å². The zero-order chi connectivity index (χ0) is 19.6. The second-order valence-electron chi connectivity index (χ2n) is 7.13. The summed E-state index contributed by atoms with van der Waals surface area (Å²) in [5, 5.41) is 11.8. The third kappa shape index (κ3) is 3.72. The Hall–Kier alpha value is -3.08. The van der Waals surface area contributed by atoms with E-state index in [0.717, 1.165) is 22.3 Å². The first kappa shape index (κ1) is 18.7. The summed E-state index contributed by atoms with van der Waals surface area (Å²) in [7, 11) is 0. The fourth-order valence-electron chi connectivity index (χ4n) is 3.46. The van der Waals surface area contributed by atoms with Crippen molar-refractivity contribution in [3.63, 3.8) is 0 Å². The number of carboxylic acids is 1. The zero-order valence-electron chi connectivity index (χ0n) is 15.5. The predicted molar refractivity (Wildman–Crippen MR) is 104 cm³/mol. The van der Waals surface area contributed by atoms with E-state index in [2.05, 4.69) is 24.0 Å². The number of aliphatic carboxylic acids is 1. The van der Waals surface area contributed by atoms with E-state index in [1.54, 1.807) is 13.8 Å². The summed E-state index contributed by atoms with van der Waals surface area (Å²) in [5.74, 6) is -1.06. The highest BCUT2D eigenvalue weighted by Gasteiger charge is 2.33. The van der Waals surface area contributed by atoms with Crippen LogP contribution in [-0.4, -0.2) is 29.3 Å². The number of benzene rings is 2. The fraction of sp³-hybridized carbons (Fsp3) is 0.273. The molecule has 5 heteroatoms. The Balaban J connectivity index is 1.74. The molecule has 0 radical (unpaired) electrons.